The van der Waals surface area contributed by atoms with Crippen LogP contribution in [-0.2, 0) is 35.2 Å². The van der Waals surface area contributed by atoms with Crippen molar-refractivity contribution in [3.8, 4) is 28.0 Å². The molecule has 0 aliphatic carbocycles. The number of carbonyl (C=O) groups is 1. The second kappa shape index (κ2) is 12.5. The van der Waals surface area contributed by atoms with Crippen molar-refractivity contribution in [1.29, 1.82) is 0 Å². The molecule has 0 N–H and O–H groups in total. The van der Waals surface area contributed by atoms with Crippen LogP contribution in [0.5, 0.6) is 5.75 Å². The highest BCUT2D eigenvalue weighted by Gasteiger charge is 2.34. The Hall–Kier alpha value is -4.65. The lowest BCUT2D eigenvalue weighted by Crippen LogP contribution is -2.07. The molecule has 7 heteroatoms. The van der Waals surface area contributed by atoms with Gasteiger partial charge in [-0.1, -0.05) is 79.7 Å². The quantitative estimate of drug-likeness (QED) is 0.166. The third-order valence-corrected chi connectivity index (χ3v) is 7.10. The Morgan fingerprint density at radius 2 is 1.57 bits per heavy atom. The summed E-state index contributed by atoms with van der Waals surface area (Å²) in [5, 5.41) is 0.419. The van der Waals surface area contributed by atoms with Gasteiger partial charge in [0.15, 0.2) is 0 Å². The minimum atomic E-state index is -4.54. The van der Waals surface area contributed by atoms with E-state index in [1.165, 1.54) is 6.07 Å². The fraction of sp³-hybridized carbons (Fsp3) is 0.200. The third kappa shape index (κ3) is 6.30. The highest BCUT2D eigenvalue weighted by atomic mass is 19.4. The number of aryl methyl sites for hydroxylation is 1. The van der Waals surface area contributed by atoms with Gasteiger partial charge in [0.1, 0.15) is 12.4 Å². The van der Waals surface area contributed by atoms with E-state index in [0.29, 0.717) is 23.3 Å². The molecule has 1 heterocycles. The van der Waals surface area contributed by atoms with E-state index < -0.39 is 11.7 Å². The van der Waals surface area contributed by atoms with E-state index in [-0.39, 0.29) is 24.5 Å². The molecule has 0 bridgehead atoms. The lowest BCUT2D eigenvalue weighted by molar-refractivity contribution is -0.142. The predicted molar refractivity (Wildman–Crippen MR) is 158 cm³/mol. The number of hydrogen-bond donors (Lipinski definition) is 0. The molecule has 0 spiro atoms. The molecule has 0 unspecified atom stereocenters. The lowest BCUT2D eigenvalue weighted by atomic mass is 9.89. The number of halogens is 3. The van der Waals surface area contributed by atoms with E-state index in [9.17, 15) is 18.0 Å². The number of rotatable bonds is 9. The number of carbonyl (C=O) groups excluding carboxylic acids is 1. The minimum absolute atomic E-state index is 0.0908. The molecule has 5 rings (SSSR count). The number of alkyl halides is 3. The standard InChI is InChI=1S/C35H30F3NO3/c1-3-25-9-5-6-12-28(25)30-21-39-34-29(13-8-14-31(34)35(36,37)38)33(30)26-10-7-11-27(20-26)42-22-24-17-15-23(16-18-24)19-32(40)41-4-2/h5-18,20-21H,3-4,19,22H2,1-2H3. The Kier molecular flexibility index (Phi) is 8.57. The molecule has 0 saturated carbocycles. The van der Waals surface area contributed by atoms with Crippen LogP contribution in [0.25, 0.3) is 33.2 Å². The number of hydrogen-bond acceptors (Lipinski definition) is 4. The number of para-hydroxylation sites is 1. The number of aromatic nitrogens is 1. The molecular formula is C35H30F3NO3. The van der Waals surface area contributed by atoms with Crippen LogP contribution in [0.4, 0.5) is 13.2 Å². The van der Waals surface area contributed by atoms with Gasteiger partial charge in [-0.25, -0.2) is 0 Å². The number of ether oxygens (including phenoxy) is 2. The summed E-state index contributed by atoms with van der Waals surface area (Å²) in [6, 6.07) is 27.0. The van der Waals surface area contributed by atoms with Gasteiger partial charge in [-0.3, -0.25) is 9.78 Å². The van der Waals surface area contributed by atoms with E-state index in [0.717, 1.165) is 45.9 Å². The van der Waals surface area contributed by atoms with E-state index >= 15 is 0 Å². The normalized spacial score (nSPS) is 11.5. The van der Waals surface area contributed by atoms with Crippen LogP contribution in [0.3, 0.4) is 0 Å². The van der Waals surface area contributed by atoms with Gasteiger partial charge in [0.2, 0.25) is 0 Å². The number of benzene rings is 4. The van der Waals surface area contributed by atoms with Gasteiger partial charge in [0, 0.05) is 22.7 Å². The van der Waals surface area contributed by atoms with Crippen LogP contribution in [0.2, 0.25) is 0 Å². The molecule has 0 aliphatic heterocycles. The van der Waals surface area contributed by atoms with Crippen LogP contribution >= 0.6 is 0 Å². The summed E-state index contributed by atoms with van der Waals surface area (Å²) in [7, 11) is 0. The Labute approximate surface area is 242 Å². The molecule has 214 valence electrons. The van der Waals surface area contributed by atoms with Gasteiger partial charge in [-0.15, -0.1) is 0 Å². The molecule has 42 heavy (non-hydrogen) atoms. The van der Waals surface area contributed by atoms with Gasteiger partial charge in [0.05, 0.1) is 24.1 Å². The first-order chi connectivity index (χ1) is 20.3. The summed E-state index contributed by atoms with van der Waals surface area (Å²) in [6.45, 7) is 4.45. The predicted octanol–water partition coefficient (Wildman–Crippen LogP) is 8.83. The maximum Gasteiger partial charge on any atom is 0.418 e. The fourth-order valence-electron chi connectivity index (χ4n) is 5.10. The first-order valence-electron chi connectivity index (χ1n) is 13.8. The van der Waals surface area contributed by atoms with Crippen LogP contribution in [0, 0.1) is 0 Å². The molecule has 4 aromatic carbocycles. The van der Waals surface area contributed by atoms with Crippen LogP contribution in [-0.4, -0.2) is 17.6 Å². The van der Waals surface area contributed by atoms with Crippen molar-refractivity contribution < 1.29 is 27.4 Å². The largest absolute Gasteiger partial charge is 0.489 e. The molecule has 0 amide bonds. The van der Waals surface area contributed by atoms with E-state index in [2.05, 4.69) is 4.98 Å². The Morgan fingerprint density at radius 3 is 2.31 bits per heavy atom. The van der Waals surface area contributed by atoms with E-state index in [4.69, 9.17) is 9.47 Å². The van der Waals surface area contributed by atoms with Gasteiger partial charge >= 0.3 is 12.1 Å². The zero-order chi connectivity index (χ0) is 29.7. The van der Waals surface area contributed by atoms with Gasteiger partial charge in [-0.05, 0) is 59.4 Å². The second-order valence-electron chi connectivity index (χ2n) is 9.87. The molecule has 1 aromatic heterocycles. The van der Waals surface area contributed by atoms with Gasteiger partial charge < -0.3 is 9.47 Å². The number of esters is 1. The highest BCUT2D eigenvalue weighted by Crippen LogP contribution is 2.42. The molecule has 4 nitrogen and oxygen atoms in total. The van der Waals surface area contributed by atoms with E-state index in [1.807, 2.05) is 79.7 Å². The van der Waals surface area contributed by atoms with Gasteiger partial charge in [0.25, 0.3) is 0 Å². The summed E-state index contributed by atoms with van der Waals surface area (Å²) in [6.07, 6.45) is -2.02. The average Bonchev–Trinajstić information content (AvgIpc) is 2.99. The van der Waals surface area contributed by atoms with Crippen molar-refractivity contribution in [3.05, 3.63) is 119 Å². The summed E-state index contributed by atoms with van der Waals surface area (Å²) < 4.78 is 53.0. The smallest absolute Gasteiger partial charge is 0.418 e. The van der Waals surface area contributed by atoms with Crippen molar-refractivity contribution in [2.45, 2.75) is 39.5 Å². The Bertz CT molecular complexity index is 1710. The van der Waals surface area contributed by atoms with Crippen molar-refractivity contribution in [3.63, 3.8) is 0 Å². The number of nitrogens with zero attached hydrogens (tertiary/aromatic N) is 1. The molecular weight excluding hydrogens is 539 g/mol. The maximum absolute atomic E-state index is 14.0. The van der Waals surface area contributed by atoms with Crippen LogP contribution in [0.15, 0.2) is 97.2 Å². The lowest BCUT2D eigenvalue weighted by Gasteiger charge is -2.18. The number of fused-ring (bicyclic) bond motifs is 1. The first-order valence-corrected chi connectivity index (χ1v) is 13.8. The van der Waals surface area contributed by atoms with Crippen molar-refractivity contribution in [1.82, 2.24) is 4.98 Å². The summed E-state index contributed by atoms with van der Waals surface area (Å²) in [4.78, 5) is 16.1. The van der Waals surface area contributed by atoms with E-state index in [1.54, 1.807) is 19.2 Å². The second-order valence-corrected chi connectivity index (χ2v) is 9.87. The molecule has 0 aliphatic rings. The summed E-state index contributed by atoms with van der Waals surface area (Å²) in [5.74, 6) is 0.306. The van der Waals surface area contributed by atoms with Gasteiger partial charge in [-0.2, -0.15) is 13.2 Å². The first kappa shape index (κ1) is 28.9. The molecule has 0 saturated heterocycles. The third-order valence-electron chi connectivity index (χ3n) is 7.10. The fourth-order valence-corrected chi connectivity index (χ4v) is 5.10. The molecule has 0 atom stereocenters. The zero-order valence-electron chi connectivity index (χ0n) is 23.4. The van der Waals surface area contributed by atoms with Crippen molar-refractivity contribution in [2.24, 2.45) is 0 Å². The summed E-state index contributed by atoms with van der Waals surface area (Å²) in [5.41, 5.74) is 5.06. The molecule has 5 aromatic rings. The SMILES string of the molecule is CCOC(=O)Cc1ccc(COc2cccc(-c3c(-c4ccccc4CC)cnc4c(C(F)(F)F)cccc34)c2)cc1. The van der Waals surface area contributed by atoms with Crippen LogP contribution < -0.4 is 4.74 Å². The zero-order valence-corrected chi connectivity index (χ0v) is 23.4. The molecule has 0 radical (unpaired) electrons. The van der Waals surface area contributed by atoms with Crippen LogP contribution in [0.1, 0.15) is 36.1 Å². The number of pyridine rings is 1. The van der Waals surface area contributed by atoms with Crippen molar-refractivity contribution >= 4 is 16.9 Å². The monoisotopic (exact) mass is 569 g/mol. The Balaban J connectivity index is 1.52. The maximum atomic E-state index is 14.0. The topological polar surface area (TPSA) is 48.4 Å². The summed E-state index contributed by atoms with van der Waals surface area (Å²) >= 11 is 0. The highest BCUT2D eigenvalue weighted by molar-refractivity contribution is 6.03. The average molecular weight is 570 g/mol. The minimum Gasteiger partial charge on any atom is -0.489 e. The molecule has 0 fully saturated rings. The Morgan fingerprint density at radius 1 is 0.833 bits per heavy atom. The van der Waals surface area contributed by atoms with Crippen molar-refractivity contribution in [2.75, 3.05) is 6.61 Å².